The summed E-state index contributed by atoms with van der Waals surface area (Å²) in [4.78, 5) is 24.7. The molecule has 5 nitrogen and oxygen atoms in total. The molecule has 1 saturated heterocycles. The zero-order valence-corrected chi connectivity index (χ0v) is 13.1. The average molecular weight is 284 g/mol. The number of hydrogen-bond acceptors (Lipinski definition) is 2. The van der Waals surface area contributed by atoms with Crippen LogP contribution in [0, 0.1) is 11.3 Å². The number of carbonyl (C=O) groups excluding carboxylic acids is 1. The number of piperidine rings is 1. The number of aliphatic carboxylic acids is 1. The zero-order chi connectivity index (χ0) is 15.3. The fourth-order valence-corrected chi connectivity index (χ4v) is 2.35. The molecular weight excluding hydrogens is 256 g/mol. The summed E-state index contributed by atoms with van der Waals surface area (Å²) >= 11 is 0. The summed E-state index contributed by atoms with van der Waals surface area (Å²) in [5.41, 5.74) is 0.277. The van der Waals surface area contributed by atoms with Crippen LogP contribution in [0.15, 0.2) is 0 Å². The minimum Gasteiger partial charge on any atom is -0.481 e. The lowest BCUT2D eigenvalue weighted by molar-refractivity contribution is -0.143. The highest BCUT2D eigenvalue weighted by Gasteiger charge is 2.27. The second kappa shape index (κ2) is 6.95. The number of carbonyl (C=O) groups is 2. The average Bonchev–Trinajstić information content (AvgIpc) is 2.35. The lowest BCUT2D eigenvalue weighted by Gasteiger charge is -2.31. The van der Waals surface area contributed by atoms with Gasteiger partial charge in [0.15, 0.2) is 0 Å². The first-order valence-corrected chi connectivity index (χ1v) is 7.47. The monoisotopic (exact) mass is 284 g/mol. The Hall–Kier alpha value is -1.26. The minimum absolute atomic E-state index is 0.0600. The molecule has 2 amide bonds. The summed E-state index contributed by atoms with van der Waals surface area (Å²) < 4.78 is 0. The Labute approximate surface area is 121 Å². The van der Waals surface area contributed by atoms with Gasteiger partial charge < -0.3 is 15.3 Å². The number of carboxylic acids is 1. The van der Waals surface area contributed by atoms with E-state index in [2.05, 4.69) is 26.1 Å². The third-order valence-electron chi connectivity index (χ3n) is 3.83. The van der Waals surface area contributed by atoms with Crippen molar-refractivity contribution in [3.8, 4) is 0 Å². The van der Waals surface area contributed by atoms with Gasteiger partial charge in [0, 0.05) is 19.1 Å². The fourth-order valence-electron chi connectivity index (χ4n) is 2.35. The Bertz CT molecular complexity index is 342. The molecule has 0 spiro atoms. The predicted octanol–water partition coefficient (Wildman–Crippen LogP) is 2.71. The van der Waals surface area contributed by atoms with Crippen molar-refractivity contribution in [1.29, 1.82) is 0 Å². The van der Waals surface area contributed by atoms with Crippen molar-refractivity contribution in [3.63, 3.8) is 0 Å². The van der Waals surface area contributed by atoms with Crippen LogP contribution >= 0.6 is 0 Å². The molecule has 20 heavy (non-hydrogen) atoms. The van der Waals surface area contributed by atoms with Crippen molar-refractivity contribution in [2.24, 2.45) is 11.3 Å². The highest BCUT2D eigenvalue weighted by molar-refractivity contribution is 5.75. The van der Waals surface area contributed by atoms with Crippen molar-refractivity contribution in [2.45, 2.75) is 59.4 Å². The summed E-state index contributed by atoms with van der Waals surface area (Å²) in [5.74, 6) is -1.04. The zero-order valence-electron chi connectivity index (χ0n) is 13.1. The first kappa shape index (κ1) is 16.8. The van der Waals surface area contributed by atoms with Crippen LogP contribution in [0.3, 0.4) is 0 Å². The maximum Gasteiger partial charge on any atom is 0.317 e. The number of nitrogens with one attached hydrogen (secondary N) is 1. The maximum absolute atomic E-state index is 12.1. The number of amides is 2. The van der Waals surface area contributed by atoms with E-state index in [-0.39, 0.29) is 23.4 Å². The van der Waals surface area contributed by atoms with Gasteiger partial charge in [0.2, 0.25) is 0 Å². The second-order valence-corrected chi connectivity index (χ2v) is 7.05. The molecule has 0 aromatic heterocycles. The smallest absolute Gasteiger partial charge is 0.317 e. The summed E-state index contributed by atoms with van der Waals surface area (Å²) in [6.07, 6.45) is 3.13. The minimum atomic E-state index is -0.747. The Kier molecular flexibility index (Phi) is 5.84. The van der Waals surface area contributed by atoms with Crippen molar-refractivity contribution in [1.82, 2.24) is 10.2 Å². The van der Waals surface area contributed by atoms with Crippen LogP contribution in [0.5, 0.6) is 0 Å². The molecule has 1 fully saturated rings. The van der Waals surface area contributed by atoms with Crippen molar-refractivity contribution in [2.75, 3.05) is 13.1 Å². The molecule has 2 N–H and O–H groups in total. The van der Waals surface area contributed by atoms with E-state index >= 15 is 0 Å². The molecule has 5 heteroatoms. The number of likely N-dealkylation sites (tertiary alicyclic amines) is 1. The highest BCUT2D eigenvalue weighted by atomic mass is 16.4. The Morgan fingerprint density at radius 3 is 2.30 bits per heavy atom. The topological polar surface area (TPSA) is 69.6 Å². The summed E-state index contributed by atoms with van der Waals surface area (Å²) in [7, 11) is 0. The fraction of sp³-hybridized carbons (Fsp3) is 0.867. The predicted molar refractivity (Wildman–Crippen MR) is 78.6 cm³/mol. The molecule has 1 unspecified atom stereocenters. The van der Waals surface area contributed by atoms with Crippen LogP contribution in [0.1, 0.15) is 53.4 Å². The molecule has 0 saturated carbocycles. The van der Waals surface area contributed by atoms with Crippen LogP contribution in [-0.4, -0.2) is 41.1 Å². The number of hydrogen-bond donors (Lipinski definition) is 2. The molecule has 1 aliphatic heterocycles. The van der Waals surface area contributed by atoms with Gasteiger partial charge in [-0.05, 0) is 38.0 Å². The van der Waals surface area contributed by atoms with Gasteiger partial charge >= 0.3 is 12.0 Å². The normalized spacial score (nSPS) is 18.7. The molecule has 0 aliphatic carbocycles. The molecule has 0 radical (unpaired) electrons. The van der Waals surface area contributed by atoms with Gasteiger partial charge in [-0.2, -0.15) is 0 Å². The summed E-state index contributed by atoms with van der Waals surface area (Å²) in [6, 6.07) is 0.0918. The number of nitrogens with zero attached hydrogens (tertiary/aromatic N) is 1. The van der Waals surface area contributed by atoms with Crippen molar-refractivity contribution >= 4 is 12.0 Å². The Balaban J connectivity index is 2.31. The van der Waals surface area contributed by atoms with Crippen LogP contribution in [0.25, 0.3) is 0 Å². The number of carboxylic acid groups (broad SMARTS) is 1. The highest BCUT2D eigenvalue weighted by Crippen LogP contribution is 2.22. The van der Waals surface area contributed by atoms with Crippen LogP contribution < -0.4 is 5.32 Å². The van der Waals surface area contributed by atoms with Crippen LogP contribution in [0.2, 0.25) is 0 Å². The van der Waals surface area contributed by atoms with Crippen LogP contribution in [-0.2, 0) is 4.79 Å². The SMILES string of the molecule is CC(CCC(C)(C)C)NC(=O)N1CCC(C(=O)O)CC1. The van der Waals surface area contributed by atoms with Gasteiger partial charge in [0.25, 0.3) is 0 Å². The van der Waals surface area contributed by atoms with Crippen LogP contribution in [0.4, 0.5) is 4.79 Å². The lowest BCUT2D eigenvalue weighted by atomic mass is 9.89. The Morgan fingerprint density at radius 1 is 1.30 bits per heavy atom. The molecule has 1 atom stereocenters. The maximum atomic E-state index is 12.1. The van der Waals surface area contributed by atoms with Gasteiger partial charge in [-0.1, -0.05) is 20.8 Å². The molecule has 0 aromatic rings. The van der Waals surface area contributed by atoms with Gasteiger partial charge in [-0.3, -0.25) is 4.79 Å². The molecule has 1 heterocycles. The van der Waals surface area contributed by atoms with E-state index in [1.54, 1.807) is 4.90 Å². The molecule has 0 aromatic carbocycles. The van der Waals surface area contributed by atoms with Crippen molar-refractivity contribution < 1.29 is 14.7 Å². The molecule has 1 aliphatic rings. The third kappa shape index (κ3) is 5.80. The Morgan fingerprint density at radius 2 is 1.85 bits per heavy atom. The van der Waals surface area contributed by atoms with E-state index in [4.69, 9.17) is 5.11 Å². The first-order valence-electron chi connectivity index (χ1n) is 7.47. The van der Waals surface area contributed by atoms with Gasteiger partial charge in [0.05, 0.1) is 5.92 Å². The molecular formula is C15H28N2O3. The standard InChI is InChI=1S/C15H28N2O3/c1-11(5-8-15(2,3)4)16-14(20)17-9-6-12(7-10-17)13(18)19/h11-12H,5-10H2,1-4H3,(H,16,20)(H,18,19). The van der Waals surface area contributed by atoms with E-state index in [0.29, 0.717) is 25.9 Å². The molecule has 116 valence electrons. The van der Waals surface area contributed by atoms with E-state index in [1.807, 2.05) is 6.92 Å². The lowest BCUT2D eigenvalue weighted by Crippen LogP contribution is -2.48. The first-order chi connectivity index (χ1) is 9.19. The quantitative estimate of drug-likeness (QED) is 0.834. The van der Waals surface area contributed by atoms with E-state index in [0.717, 1.165) is 12.8 Å². The van der Waals surface area contributed by atoms with Gasteiger partial charge in [-0.15, -0.1) is 0 Å². The van der Waals surface area contributed by atoms with E-state index in [9.17, 15) is 9.59 Å². The number of rotatable bonds is 4. The summed E-state index contributed by atoms with van der Waals surface area (Å²) in [5, 5.41) is 11.9. The van der Waals surface area contributed by atoms with Crippen molar-refractivity contribution in [3.05, 3.63) is 0 Å². The van der Waals surface area contributed by atoms with Gasteiger partial charge in [0.1, 0.15) is 0 Å². The third-order valence-corrected chi connectivity index (χ3v) is 3.83. The van der Waals surface area contributed by atoms with E-state index < -0.39 is 5.97 Å². The second-order valence-electron chi connectivity index (χ2n) is 7.05. The largest absolute Gasteiger partial charge is 0.481 e. The molecule has 0 bridgehead atoms. The van der Waals surface area contributed by atoms with Gasteiger partial charge in [-0.25, -0.2) is 4.79 Å². The van der Waals surface area contributed by atoms with E-state index in [1.165, 1.54) is 0 Å². The number of urea groups is 1. The summed E-state index contributed by atoms with van der Waals surface area (Å²) in [6.45, 7) is 9.67. The molecule has 1 rings (SSSR count).